The summed E-state index contributed by atoms with van der Waals surface area (Å²) in [6.45, 7) is 5.60. The molecule has 1 saturated heterocycles. The van der Waals surface area contributed by atoms with Gasteiger partial charge in [-0.1, -0.05) is 12.1 Å². The minimum absolute atomic E-state index is 0.113. The van der Waals surface area contributed by atoms with Crippen LogP contribution < -0.4 is 5.73 Å². The summed E-state index contributed by atoms with van der Waals surface area (Å²) in [7, 11) is -3.65. The maximum absolute atomic E-state index is 12.7. The first kappa shape index (κ1) is 14.3. The number of benzene rings is 1. The molecule has 106 valence electrons. The lowest BCUT2D eigenvalue weighted by Gasteiger charge is -2.21. The summed E-state index contributed by atoms with van der Waals surface area (Å²) in [5, 5.41) is 9.93. The molecule has 1 atom stereocenters. The number of hydrogen-bond acceptors (Lipinski definition) is 4. The highest BCUT2D eigenvalue weighted by Crippen LogP contribution is 2.32. The number of aliphatic hydroxyl groups is 1. The van der Waals surface area contributed by atoms with Crippen LogP contribution in [-0.2, 0) is 10.0 Å². The molecule has 0 aliphatic carbocycles. The van der Waals surface area contributed by atoms with Crippen molar-refractivity contribution in [2.75, 3.05) is 18.8 Å². The highest BCUT2D eigenvalue weighted by Gasteiger charge is 2.39. The zero-order valence-corrected chi connectivity index (χ0v) is 12.3. The normalized spacial score (nSPS) is 24.8. The van der Waals surface area contributed by atoms with Crippen LogP contribution in [0.5, 0.6) is 0 Å². The van der Waals surface area contributed by atoms with Crippen LogP contribution in [0.25, 0.3) is 0 Å². The average Bonchev–Trinajstić information content (AvgIpc) is 2.65. The number of β-amino-alcohol motifs (C(OH)–C–C–N with tert-alkyl or cyclic N) is 1. The highest BCUT2D eigenvalue weighted by atomic mass is 32.2. The van der Waals surface area contributed by atoms with E-state index in [-0.39, 0.29) is 11.4 Å². The van der Waals surface area contributed by atoms with E-state index in [2.05, 4.69) is 0 Å². The molecule has 1 unspecified atom stereocenters. The van der Waals surface area contributed by atoms with Crippen molar-refractivity contribution in [3.05, 3.63) is 23.3 Å². The smallest absolute Gasteiger partial charge is 0.245 e. The Labute approximate surface area is 114 Å². The number of rotatable bonds is 2. The first-order valence-electron chi connectivity index (χ1n) is 6.23. The lowest BCUT2D eigenvalue weighted by Crippen LogP contribution is -2.34. The molecule has 1 heterocycles. The van der Waals surface area contributed by atoms with Gasteiger partial charge in [0, 0.05) is 13.1 Å². The molecular weight excluding hydrogens is 264 g/mol. The highest BCUT2D eigenvalue weighted by molar-refractivity contribution is 7.89. The molecule has 1 fully saturated rings. The minimum atomic E-state index is -3.65. The first-order chi connectivity index (χ1) is 8.65. The number of nitrogens with two attached hydrogens (primary N) is 1. The summed E-state index contributed by atoms with van der Waals surface area (Å²) in [6.07, 6.45) is 0.441. The lowest BCUT2D eigenvalue weighted by molar-refractivity contribution is 0.0762. The van der Waals surface area contributed by atoms with E-state index < -0.39 is 15.6 Å². The topological polar surface area (TPSA) is 83.6 Å². The van der Waals surface area contributed by atoms with Crippen LogP contribution in [0.4, 0.5) is 5.69 Å². The summed E-state index contributed by atoms with van der Waals surface area (Å²) in [5.74, 6) is 0. The summed E-state index contributed by atoms with van der Waals surface area (Å²) in [5.41, 5.74) is 6.65. The van der Waals surface area contributed by atoms with Crippen LogP contribution in [0.2, 0.25) is 0 Å². The molecule has 3 N–H and O–H groups in total. The lowest BCUT2D eigenvalue weighted by atomic mass is 10.1. The number of nitrogen functional groups attached to an aromatic ring is 1. The average molecular weight is 284 g/mol. The van der Waals surface area contributed by atoms with Gasteiger partial charge in [0.2, 0.25) is 10.0 Å². The second kappa shape index (κ2) is 4.47. The molecule has 1 aliphatic heterocycles. The summed E-state index contributed by atoms with van der Waals surface area (Å²) >= 11 is 0. The van der Waals surface area contributed by atoms with Crippen molar-refractivity contribution in [3.63, 3.8) is 0 Å². The second-order valence-electron chi connectivity index (χ2n) is 5.53. The fourth-order valence-corrected chi connectivity index (χ4v) is 4.34. The molecule has 1 aromatic carbocycles. The van der Waals surface area contributed by atoms with Crippen LogP contribution >= 0.6 is 0 Å². The molecular formula is C13H20N2O3S. The molecule has 0 saturated carbocycles. The van der Waals surface area contributed by atoms with E-state index in [1.807, 2.05) is 6.07 Å². The maximum atomic E-state index is 12.7. The molecule has 0 spiro atoms. The van der Waals surface area contributed by atoms with Gasteiger partial charge in [-0.15, -0.1) is 0 Å². The van der Waals surface area contributed by atoms with Crippen LogP contribution in [0.15, 0.2) is 17.0 Å². The summed E-state index contributed by atoms with van der Waals surface area (Å²) in [4.78, 5) is 0.171. The van der Waals surface area contributed by atoms with E-state index in [4.69, 9.17) is 5.73 Å². The standard InChI is InChI=1S/C13H20N2O3S/c1-9-4-5-10(2)12(11(9)14)19(17,18)15-7-6-13(3,16)8-15/h4-5,16H,6-8,14H2,1-3H3. The van der Waals surface area contributed by atoms with Crippen LogP contribution in [0.1, 0.15) is 24.5 Å². The van der Waals surface area contributed by atoms with Gasteiger partial charge >= 0.3 is 0 Å². The predicted molar refractivity (Wildman–Crippen MR) is 74.3 cm³/mol. The van der Waals surface area contributed by atoms with E-state index in [9.17, 15) is 13.5 Å². The molecule has 0 amide bonds. The Kier molecular flexibility index (Phi) is 3.36. The van der Waals surface area contributed by atoms with Crippen molar-refractivity contribution in [2.45, 2.75) is 37.7 Å². The van der Waals surface area contributed by atoms with Crippen molar-refractivity contribution in [1.29, 1.82) is 0 Å². The van der Waals surface area contributed by atoms with Gasteiger partial charge in [0.05, 0.1) is 11.3 Å². The molecule has 6 heteroatoms. The van der Waals surface area contributed by atoms with Crippen molar-refractivity contribution in [1.82, 2.24) is 4.31 Å². The minimum Gasteiger partial charge on any atom is -0.397 e. The molecule has 19 heavy (non-hydrogen) atoms. The van der Waals surface area contributed by atoms with Crippen molar-refractivity contribution < 1.29 is 13.5 Å². The number of sulfonamides is 1. The third kappa shape index (κ3) is 2.48. The van der Waals surface area contributed by atoms with Gasteiger partial charge in [0.15, 0.2) is 0 Å². The predicted octanol–water partition coefficient (Wildman–Crippen LogP) is 1.03. The van der Waals surface area contributed by atoms with Gasteiger partial charge in [-0.2, -0.15) is 4.31 Å². The molecule has 1 aromatic rings. The Morgan fingerprint density at radius 1 is 1.32 bits per heavy atom. The van der Waals surface area contributed by atoms with Crippen molar-refractivity contribution in [3.8, 4) is 0 Å². The van der Waals surface area contributed by atoms with E-state index in [1.165, 1.54) is 4.31 Å². The second-order valence-corrected chi connectivity index (χ2v) is 7.40. The van der Waals surface area contributed by atoms with Gasteiger partial charge in [-0.25, -0.2) is 8.42 Å². The molecule has 5 nitrogen and oxygen atoms in total. The first-order valence-corrected chi connectivity index (χ1v) is 7.67. The third-order valence-electron chi connectivity index (χ3n) is 3.63. The Morgan fingerprint density at radius 3 is 2.42 bits per heavy atom. The Morgan fingerprint density at radius 2 is 1.89 bits per heavy atom. The molecule has 1 aliphatic rings. The molecule has 2 rings (SSSR count). The van der Waals surface area contributed by atoms with Crippen molar-refractivity contribution >= 4 is 15.7 Å². The SMILES string of the molecule is Cc1ccc(C)c(S(=O)(=O)N2CCC(C)(O)C2)c1N. The van der Waals surface area contributed by atoms with E-state index >= 15 is 0 Å². The third-order valence-corrected chi connectivity index (χ3v) is 5.67. The van der Waals surface area contributed by atoms with E-state index in [0.717, 1.165) is 5.56 Å². The fraction of sp³-hybridized carbons (Fsp3) is 0.538. The van der Waals surface area contributed by atoms with Gasteiger partial charge in [-0.05, 0) is 38.3 Å². The van der Waals surface area contributed by atoms with Crippen LogP contribution in [-0.4, -0.2) is 36.5 Å². The number of nitrogens with zero attached hydrogens (tertiary/aromatic N) is 1. The van der Waals surface area contributed by atoms with E-state index in [0.29, 0.717) is 24.2 Å². The number of anilines is 1. The zero-order valence-electron chi connectivity index (χ0n) is 11.5. The Bertz CT molecular complexity index is 609. The number of aryl methyl sites for hydroxylation is 2. The van der Waals surface area contributed by atoms with Gasteiger partial charge in [-0.3, -0.25) is 0 Å². The molecule has 0 bridgehead atoms. The Hall–Kier alpha value is -1.11. The van der Waals surface area contributed by atoms with Gasteiger partial charge in [0.25, 0.3) is 0 Å². The molecule has 0 radical (unpaired) electrons. The van der Waals surface area contributed by atoms with E-state index in [1.54, 1.807) is 26.8 Å². The van der Waals surface area contributed by atoms with Gasteiger partial charge < -0.3 is 10.8 Å². The van der Waals surface area contributed by atoms with Crippen LogP contribution in [0, 0.1) is 13.8 Å². The molecule has 0 aromatic heterocycles. The number of hydrogen-bond donors (Lipinski definition) is 2. The monoisotopic (exact) mass is 284 g/mol. The Balaban J connectivity index is 2.50. The van der Waals surface area contributed by atoms with Crippen molar-refractivity contribution in [2.24, 2.45) is 0 Å². The fourth-order valence-electron chi connectivity index (χ4n) is 2.39. The largest absolute Gasteiger partial charge is 0.397 e. The quantitative estimate of drug-likeness (QED) is 0.795. The summed E-state index contributed by atoms with van der Waals surface area (Å²) in [6, 6.07) is 3.57. The maximum Gasteiger partial charge on any atom is 0.245 e. The zero-order chi connectivity index (χ0) is 14.4. The van der Waals surface area contributed by atoms with Gasteiger partial charge in [0.1, 0.15) is 4.90 Å². The summed E-state index contributed by atoms with van der Waals surface area (Å²) < 4.78 is 26.6. The van der Waals surface area contributed by atoms with Crippen LogP contribution in [0.3, 0.4) is 0 Å².